The van der Waals surface area contributed by atoms with E-state index >= 15 is 0 Å². The number of pyridine rings is 1. The van der Waals surface area contributed by atoms with Crippen LogP contribution in [0.1, 0.15) is 18.7 Å². The predicted molar refractivity (Wildman–Crippen MR) is 108 cm³/mol. The zero-order valence-corrected chi connectivity index (χ0v) is 16.8. The van der Waals surface area contributed by atoms with Crippen molar-refractivity contribution in [1.29, 1.82) is 0 Å². The lowest BCUT2D eigenvalue weighted by Gasteiger charge is -2.11. The molecule has 0 aliphatic rings. The number of aryl methyl sites for hydroxylation is 1. The summed E-state index contributed by atoms with van der Waals surface area (Å²) in [7, 11) is 3.46. The molecule has 3 aromatic heterocycles. The lowest BCUT2D eigenvalue weighted by Crippen LogP contribution is -2.14. The summed E-state index contributed by atoms with van der Waals surface area (Å²) in [4.78, 5) is 11.9. The summed E-state index contributed by atoms with van der Waals surface area (Å²) in [5.74, 6) is 1.13. The zero-order chi connectivity index (χ0) is 20.5. The second kappa shape index (κ2) is 7.56. The van der Waals surface area contributed by atoms with Crippen molar-refractivity contribution in [2.24, 2.45) is 14.1 Å². The van der Waals surface area contributed by atoms with Crippen molar-refractivity contribution in [3.8, 4) is 28.7 Å². The van der Waals surface area contributed by atoms with E-state index in [0.717, 1.165) is 5.56 Å². The van der Waals surface area contributed by atoms with Crippen LogP contribution in [-0.2, 0) is 14.1 Å². The summed E-state index contributed by atoms with van der Waals surface area (Å²) in [5, 5.41) is 12.9. The van der Waals surface area contributed by atoms with Crippen LogP contribution in [0.25, 0.3) is 22.7 Å². The average molecular weight is 412 g/mol. The maximum Gasteiger partial charge on any atom is 0.317 e. The van der Waals surface area contributed by atoms with Crippen LogP contribution in [0.5, 0.6) is 6.01 Å². The van der Waals surface area contributed by atoms with E-state index < -0.39 is 6.10 Å². The first-order chi connectivity index (χ1) is 13.9. The van der Waals surface area contributed by atoms with Gasteiger partial charge in [-0.15, -0.1) is 5.10 Å². The van der Waals surface area contributed by atoms with Crippen molar-refractivity contribution in [2.75, 3.05) is 0 Å². The predicted octanol–water partition coefficient (Wildman–Crippen LogP) is 3.63. The van der Waals surface area contributed by atoms with Gasteiger partial charge in [0.05, 0.1) is 0 Å². The van der Waals surface area contributed by atoms with Crippen LogP contribution >= 0.6 is 11.6 Å². The maximum absolute atomic E-state index is 11.9. The highest BCUT2D eigenvalue weighted by Gasteiger charge is 2.19. The maximum atomic E-state index is 11.9. The number of benzene rings is 1. The standard InChI is InChI=1S/C20H18ClN5O3/c1-12(16-11-17(29-24-16)13-5-4-6-15(21)9-13)28-20-23-22-19(26(20)3)14-7-8-25(2)18(27)10-14/h4-12H,1-3H3. The molecule has 1 unspecified atom stereocenters. The summed E-state index contributed by atoms with van der Waals surface area (Å²) in [6.07, 6.45) is 1.26. The molecule has 0 bridgehead atoms. The summed E-state index contributed by atoms with van der Waals surface area (Å²) in [6.45, 7) is 1.84. The molecule has 1 aromatic carbocycles. The summed E-state index contributed by atoms with van der Waals surface area (Å²) in [6, 6.07) is 12.7. The van der Waals surface area contributed by atoms with Crippen LogP contribution in [0.3, 0.4) is 0 Å². The first kappa shape index (κ1) is 18.9. The van der Waals surface area contributed by atoms with Crippen LogP contribution < -0.4 is 10.3 Å². The van der Waals surface area contributed by atoms with Crippen molar-refractivity contribution in [2.45, 2.75) is 13.0 Å². The van der Waals surface area contributed by atoms with Crippen LogP contribution in [0.15, 0.2) is 58.0 Å². The molecule has 3 heterocycles. The SMILES string of the molecule is CC(Oc1nnc(-c2ccn(C)c(=O)c2)n1C)c1cc(-c2cccc(Cl)c2)on1. The van der Waals surface area contributed by atoms with Crippen LogP contribution in [0.4, 0.5) is 0 Å². The van der Waals surface area contributed by atoms with E-state index in [-0.39, 0.29) is 5.56 Å². The van der Waals surface area contributed by atoms with Crippen LogP contribution in [0, 0.1) is 0 Å². The van der Waals surface area contributed by atoms with E-state index in [1.54, 1.807) is 49.1 Å². The fraction of sp³-hybridized carbons (Fsp3) is 0.200. The Kier molecular flexibility index (Phi) is 4.94. The minimum absolute atomic E-state index is 0.127. The molecule has 0 radical (unpaired) electrons. The molecule has 8 nitrogen and oxygen atoms in total. The highest BCUT2D eigenvalue weighted by atomic mass is 35.5. The first-order valence-electron chi connectivity index (χ1n) is 8.88. The molecule has 9 heteroatoms. The Hall–Kier alpha value is -3.39. The molecule has 0 fully saturated rings. The van der Waals surface area contributed by atoms with E-state index in [4.69, 9.17) is 20.9 Å². The molecular formula is C20H18ClN5O3. The highest BCUT2D eigenvalue weighted by molar-refractivity contribution is 6.30. The van der Waals surface area contributed by atoms with Gasteiger partial charge in [0, 0.05) is 48.6 Å². The van der Waals surface area contributed by atoms with Gasteiger partial charge in [0.2, 0.25) is 0 Å². The highest BCUT2D eigenvalue weighted by Crippen LogP contribution is 2.28. The van der Waals surface area contributed by atoms with Crippen molar-refractivity contribution in [1.82, 2.24) is 24.5 Å². The van der Waals surface area contributed by atoms with Gasteiger partial charge < -0.3 is 13.8 Å². The van der Waals surface area contributed by atoms with Gasteiger partial charge in [-0.2, -0.15) is 0 Å². The van der Waals surface area contributed by atoms with E-state index in [1.165, 1.54) is 10.6 Å². The molecule has 0 saturated heterocycles. The molecule has 0 amide bonds. The minimum Gasteiger partial charge on any atom is -0.454 e. The number of halogens is 1. The number of hydrogen-bond donors (Lipinski definition) is 0. The van der Waals surface area contributed by atoms with Gasteiger partial charge in [0.1, 0.15) is 11.8 Å². The van der Waals surface area contributed by atoms with Gasteiger partial charge >= 0.3 is 6.01 Å². The van der Waals surface area contributed by atoms with E-state index in [9.17, 15) is 4.79 Å². The Bertz CT molecular complexity index is 1230. The monoisotopic (exact) mass is 411 g/mol. The molecule has 4 rings (SSSR count). The third kappa shape index (κ3) is 3.79. The molecular weight excluding hydrogens is 394 g/mol. The van der Waals surface area contributed by atoms with Gasteiger partial charge in [-0.3, -0.25) is 9.36 Å². The molecule has 148 valence electrons. The largest absolute Gasteiger partial charge is 0.454 e. The van der Waals surface area contributed by atoms with Gasteiger partial charge in [0.25, 0.3) is 5.56 Å². The average Bonchev–Trinajstić information content (AvgIpc) is 3.32. The number of nitrogens with zero attached hydrogens (tertiary/aromatic N) is 5. The second-order valence-electron chi connectivity index (χ2n) is 6.62. The summed E-state index contributed by atoms with van der Waals surface area (Å²) >= 11 is 6.03. The molecule has 0 saturated carbocycles. The lowest BCUT2D eigenvalue weighted by molar-refractivity contribution is 0.190. The van der Waals surface area contributed by atoms with Crippen molar-refractivity contribution >= 4 is 11.6 Å². The minimum atomic E-state index is -0.425. The van der Waals surface area contributed by atoms with E-state index in [1.807, 2.05) is 19.1 Å². The number of hydrogen-bond acceptors (Lipinski definition) is 6. The van der Waals surface area contributed by atoms with E-state index in [2.05, 4.69) is 15.4 Å². The van der Waals surface area contributed by atoms with Gasteiger partial charge in [0.15, 0.2) is 11.6 Å². The van der Waals surface area contributed by atoms with Gasteiger partial charge in [-0.1, -0.05) is 34.0 Å². The topological polar surface area (TPSA) is 88.0 Å². The number of aromatic nitrogens is 5. The third-order valence-corrected chi connectivity index (χ3v) is 4.77. The van der Waals surface area contributed by atoms with Crippen LogP contribution in [-0.4, -0.2) is 24.5 Å². The smallest absolute Gasteiger partial charge is 0.317 e. The lowest BCUT2D eigenvalue weighted by atomic mass is 10.1. The number of rotatable bonds is 5. The normalized spacial score (nSPS) is 12.1. The molecule has 0 spiro atoms. The van der Waals surface area contributed by atoms with Crippen molar-refractivity contribution < 1.29 is 9.26 Å². The quantitative estimate of drug-likeness (QED) is 0.498. The molecule has 0 aliphatic heterocycles. The fourth-order valence-corrected chi connectivity index (χ4v) is 3.02. The fourth-order valence-electron chi connectivity index (χ4n) is 2.83. The second-order valence-corrected chi connectivity index (χ2v) is 7.05. The third-order valence-electron chi connectivity index (χ3n) is 4.53. The first-order valence-corrected chi connectivity index (χ1v) is 9.26. The Morgan fingerprint density at radius 3 is 2.69 bits per heavy atom. The van der Waals surface area contributed by atoms with Crippen molar-refractivity contribution in [3.05, 3.63) is 69.7 Å². The molecule has 0 aliphatic carbocycles. The zero-order valence-electron chi connectivity index (χ0n) is 16.0. The Morgan fingerprint density at radius 2 is 1.93 bits per heavy atom. The summed E-state index contributed by atoms with van der Waals surface area (Å²) in [5.41, 5.74) is 1.97. The number of ether oxygens (including phenoxy) is 1. The Labute approximate surface area is 171 Å². The molecule has 0 N–H and O–H groups in total. The van der Waals surface area contributed by atoms with Gasteiger partial charge in [-0.05, 0) is 25.1 Å². The molecule has 4 aromatic rings. The van der Waals surface area contributed by atoms with Crippen molar-refractivity contribution in [3.63, 3.8) is 0 Å². The van der Waals surface area contributed by atoms with Gasteiger partial charge in [-0.25, -0.2) is 0 Å². The molecule has 1 atom stereocenters. The van der Waals surface area contributed by atoms with E-state index in [0.29, 0.717) is 33.9 Å². The van der Waals surface area contributed by atoms with Crippen LogP contribution in [0.2, 0.25) is 5.02 Å². The summed E-state index contributed by atoms with van der Waals surface area (Å²) < 4.78 is 14.5. The molecule has 29 heavy (non-hydrogen) atoms. The Balaban J connectivity index is 1.55. The Morgan fingerprint density at radius 1 is 1.10 bits per heavy atom.